The van der Waals surface area contributed by atoms with Crippen LogP contribution in [0.2, 0.25) is 0 Å². The van der Waals surface area contributed by atoms with Crippen molar-refractivity contribution in [1.29, 1.82) is 0 Å². The fraction of sp³-hybridized carbons (Fsp3) is 0.458. The van der Waals surface area contributed by atoms with Crippen molar-refractivity contribution in [1.82, 2.24) is 20.5 Å². The van der Waals surface area contributed by atoms with Crippen LogP contribution in [0, 0.1) is 11.2 Å². The number of rotatable bonds is 8. The van der Waals surface area contributed by atoms with Crippen LogP contribution in [0.25, 0.3) is 0 Å². The van der Waals surface area contributed by atoms with E-state index in [1.165, 1.54) is 12.1 Å². The predicted molar refractivity (Wildman–Crippen MR) is 123 cm³/mol. The predicted octanol–water partition coefficient (Wildman–Crippen LogP) is 3.72. The molecule has 1 fully saturated rings. The Bertz CT molecular complexity index is 907. The molecule has 1 heterocycles. The van der Waals surface area contributed by atoms with Gasteiger partial charge in [-0.25, -0.2) is 14.4 Å². The number of pyridine rings is 1. The van der Waals surface area contributed by atoms with Crippen LogP contribution in [-0.2, 0) is 11.3 Å². The minimum Gasteiger partial charge on any atom is -0.439 e. The molecule has 2 aromatic rings. The van der Waals surface area contributed by atoms with E-state index in [1.54, 1.807) is 29.3 Å². The molecular weight excluding hydrogens is 409 g/mol. The average molecular weight is 442 g/mol. The molecule has 1 saturated carbocycles. The molecule has 7 nitrogen and oxygen atoms in total. The Balaban J connectivity index is 1.60. The van der Waals surface area contributed by atoms with Crippen molar-refractivity contribution < 1.29 is 13.9 Å². The van der Waals surface area contributed by atoms with Gasteiger partial charge >= 0.3 is 0 Å². The van der Waals surface area contributed by atoms with Crippen LogP contribution in [0.15, 0.2) is 47.6 Å². The summed E-state index contributed by atoms with van der Waals surface area (Å²) in [5.41, 5.74) is 0.564. The molecule has 3 rings (SSSR count). The summed E-state index contributed by atoms with van der Waals surface area (Å²) < 4.78 is 18.6. The molecule has 172 valence electrons. The molecule has 1 aliphatic carbocycles. The first-order chi connectivity index (χ1) is 15.4. The van der Waals surface area contributed by atoms with Crippen molar-refractivity contribution in [3.63, 3.8) is 0 Å². The summed E-state index contributed by atoms with van der Waals surface area (Å²) in [6, 6.07) is 9.46. The lowest BCUT2D eigenvalue weighted by Crippen LogP contribution is -2.49. The van der Waals surface area contributed by atoms with E-state index in [9.17, 15) is 9.18 Å². The minimum atomic E-state index is -0.361. The SMILES string of the molecule is CCNC(=NCc1ccc(Oc2ccc(F)cc2)nc1)NCC1(C(=O)N(C)C)CCCC1. The van der Waals surface area contributed by atoms with Crippen molar-refractivity contribution in [2.45, 2.75) is 39.2 Å². The van der Waals surface area contributed by atoms with Crippen LogP contribution in [0.5, 0.6) is 11.6 Å². The van der Waals surface area contributed by atoms with E-state index in [0.717, 1.165) is 37.8 Å². The Labute approximate surface area is 189 Å². The highest BCUT2D eigenvalue weighted by molar-refractivity contribution is 5.85. The third kappa shape index (κ3) is 6.18. The van der Waals surface area contributed by atoms with E-state index in [4.69, 9.17) is 4.74 Å². The highest BCUT2D eigenvalue weighted by Crippen LogP contribution is 2.38. The second kappa shape index (κ2) is 10.9. The molecule has 1 aliphatic rings. The summed E-state index contributed by atoms with van der Waals surface area (Å²) in [4.78, 5) is 23.4. The first-order valence-corrected chi connectivity index (χ1v) is 11.0. The van der Waals surface area contributed by atoms with Gasteiger partial charge in [0.15, 0.2) is 5.96 Å². The highest BCUT2D eigenvalue weighted by atomic mass is 19.1. The number of guanidine groups is 1. The van der Waals surface area contributed by atoms with Gasteiger partial charge in [0.25, 0.3) is 0 Å². The lowest BCUT2D eigenvalue weighted by molar-refractivity contribution is -0.138. The monoisotopic (exact) mass is 441 g/mol. The lowest BCUT2D eigenvalue weighted by Gasteiger charge is -2.31. The smallest absolute Gasteiger partial charge is 0.230 e. The van der Waals surface area contributed by atoms with E-state index in [1.807, 2.05) is 27.1 Å². The standard InChI is InChI=1S/C24H32FN5O2/c1-4-26-23(29-17-24(13-5-6-14-24)22(31)30(2)3)28-16-18-7-12-21(27-15-18)32-20-10-8-19(25)9-11-20/h7-12,15H,4-6,13-14,16-17H2,1-3H3,(H2,26,28,29). The second-order valence-electron chi connectivity index (χ2n) is 8.30. The van der Waals surface area contributed by atoms with Crippen molar-refractivity contribution in [2.24, 2.45) is 10.4 Å². The van der Waals surface area contributed by atoms with E-state index in [0.29, 0.717) is 30.7 Å². The number of hydrogen-bond acceptors (Lipinski definition) is 4. The Morgan fingerprint density at radius 2 is 1.88 bits per heavy atom. The third-order valence-electron chi connectivity index (χ3n) is 5.61. The summed E-state index contributed by atoms with van der Waals surface area (Å²) >= 11 is 0. The van der Waals surface area contributed by atoms with Gasteiger partial charge in [0.2, 0.25) is 11.8 Å². The van der Waals surface area contributed by atoms with Crippen LogP contribution in [0.4, 0.5) is 4.39 Å². The van der Waals surface area contributed by atoms with Gasteiger partial charge < -0.3 is 20.3 Å². The number of aromatic nitrogens is 1. The van der Waals surface area contributed by atoms with Crippen LogP contribution in [0.1, 0.15) is 38.2 Å². The van der Waals surface area contributed by atoms with Gasteiger partial charge in [-0.05, 0) is 49.6 Å². The zero-order valence-corrected chi connectivity index (χ0v) is 19.0. The van der Waals surface area contributed by atoms with Crippen molar-refractivity contribution in [3.8, 4) is 11.6 Å². The molecule has 1 amide bonds. The Morgan fingerprint density at radius 1 is 1.16 bits per heavy atom. The van der Waals surface area contributed by atoms with Gasteiger partial charge in [-0.3, -0.25) is 4.79 Å². The summed E-state index contributed by atoms with van der Waals surface area (Å²) in [5, 5.41) is 6.62. The molecule has 0 spiro atoms. The number of carbonyl (C=O) groups is 1. The number of halogens is 1. The molecule has 8 heteroatoms. The number of carbonyl (C=O) groups excluding carboxylic acids is 1. The largest absolute Gasteiger partial charge is 0.439 e. The van der Waals surface area contributed by atoms with Crippen molar-refractivity contribution >= 4 is 11.9 Å². The number of nitrogens with zero attached hydrogens (tertiary/aromatic N) is 3. The number of benzene rings is 1. The molecule has 2 N–H and O–H groups in total. The zero-order chi connectivity index (χ0) is 23.0. The minimum absolute atomic E-state index is 0.180. The molecule has 0 bridgehead atoms. The lowest BCUT2D eigenvalue weighted by atomic mass is 9.84. The molecule has 32 heavy (non-hydrogen) atoms. The number of aliphatic imine (C=N–C) groups is 1. The van der Waals surface area contributed by atoms with E-state index in [2.05, 4.69) is 20.6 Å². The normalized spacial score (nSPS) is 15.3. The van der Waals surface area contributed by atoms with E-state index < -0.39 is 0 Å². The number of hydrogen-bond donors (Lipinski definition) is 2. The van der Waals surface area contributed by atoms with Crippen molar-refractivity contribution in [3.05, 3.63) is 54.0 Å². The maximum absolute atomic E-state index is 13.0. The van der Waals surface area contributed by atoms with Gasteiger partial charge in [0.1, 0.15) is 11.6 Å². The summed E-state index contributed by atoms with van der Waals surface area (Å²) in [6.07, 6.45) is 5.66. The maximum atomic E-state index is 13.0. The zero-order valence-electron chi connectivity index (χ0n) is 19.0. The van der Waals surface area contributed by atoms with Gasteiger partial charge in [0, 0.05) is 39.4 Å². The molecule has 0 atom stereocenters. The Morgan fingerprint density at radius 3 is 2.47 bits per heavy atom. The topological polar surface area (TPSA) is 78.9 Å². The number of ether oxygens (including phenoxy) is 1. The van der Waals surface area contributed by atoms with Crippen LogP contribution in [0.3, 0.4) is 0 Å². The first-order valence-electron chi connectivity index (χ1n) is 11.0. The van der Waals surface area contributed by atoms with Gasteiger partial charge in [-0.1, -0.05) is 18.9 Å². The number of amides is 1. The molecule has 0 radical (unpaired) electrons. The highest BCUT2D eigenvalue weighted by Gasteiger charge is 2.42. The van der Waals surface area contributed by atoms with Crippen LogP contribution in [-0.4, -0.2) is 48.9 Å². The quantitative estimate of drug-likeness (QED) is 0.482. The van der Waals surface area contributed by atoms with Crippen molar-refractivity contribution in [2.75, 3.05) is 27.2 Å². The third-order valence-corrected chi connectivity index (χ3v) is 5.61. The van der Waals surface area contributed by atoms with Gasteiger partial charge in [0.05, 0.1) is 12.0 Å². The van der Waals surface area contributed by atoms with E-state index >= 15 is 0 Å². The maximum Gasteiger partial charge on any atom is 0.230 e. The average Bonchev–Trinajstić information content (AvgIpc) is 3.28. The van der Waals surface area contributed by atoms with Crippen LogP contribution < -0.4 is 15.4 Å². The van der Waals surface area contributed by atoms with E-state index in [-0.39, 0.29) is 17.1 Å². The second-order valence-corrected chi connectivity index (χ2v) is 8.30. The molecule has 0 unspecified atom stereocenters. The molecule has 0 aliphatic heterocycles. The summed E-state index contributed by atoms with van der Waals surface area (Å²) in [5.74, 6) is 1.50. The Kier molecular flexibility index (Phi) is 8.03. The molecule has 1 aromatic carbocycles. The first kappa shape index (κ1) is 23.5. The Hall–Kier alpha value is -3.16. The number of nitrogens with one attached hydrogen (secondary N) is 2. The summed E-state index contributed by atoms with van der Waals surface area (Å²) in [7, 11) is 3.64. The van der Waals surface area contributed by atoms with Gasteiger partial charge in [-0.15, -0.1) is 0 Å². The summed E-state index contributed by atoms with van der Waals surface area (Å²) in [6.45, 7) is 3.74. The van der Waals surface area contributed by atoms with Gasteiger partial charge in [-0.2, -0.15) is 0 Å². The molecule has 1 aromatic heterocycles. The fourth-order valence-electron chi connectivity index (χ4n) is 3.95. The van der Waals surface area contributed by atoms with Crippen LogP contribution >= 0.6 is 0 Å². The molecular formula is C24H32FN5O2. The fourth-order valence-corrected chi connectivity index (χ4v) is 3.95. The molecule has 0 saturated heterocycles.